The second kappa shape index (κ2) is 17.3. The molecule has 0 aliphatic rings. The lowest BCUT2D eigenvalue weighted by atomic mass is 9.12. The Labute approximate surface area is 354 Å². The third-order valence-corrected chi connectivity index (χ3v) is 10.6. The molecule has 0 saturated carbocycles. The van der Waals surface area contributed by atoms with E-state index in [1.54, 1.807) is 0 Å². The monoisotopic (exact) mass is 950 g/mol. The molecule has 0 N–H and O–H groups in total. The summed E-state index contributed by atoms with van der Waals surface area (Å²) in [5, 5.41) is 5.22. The number of halogens is 20. The zero-order chi connectivity index (χ0) is 48.4. The number of aromatic nitrogens is 2. The third-order valence-electron chi connectivity index (χ3n) is 10.6. The molecule has 340 valence electrons. The van der Waals surface area contributed by atoms with Crippen LogP contribution in [0.1, 0.15) is 5.56 Å². The van der Waals surface area contributed by atoms with Crippen molar-refractivity contribution in [1.82, 2.24) is 4.98 Å². The number of nitrogens with zero attached hydrogens (tertiary/aromatic N) is 2. The lowest BCUT2D eigenvalue weighted by Gasteiger charge is -2.44. The van der Waals surface area contributed by atoms with Crippen molar-refractivity contribution in [3.63, 3.8) is 0 Å². The van der Waals surface area contributed by atoms with Crippen LogP contribution < -0.4 is 26.4 Å². The number of fused-ring (bicyclic) bond motifs is 2. The maximum Gasteiger partial charge on any atom is 0.200 e. The van der Waals surface area contributed by atoms with E-state index in [1.807, 2.05) is 24.8 Å². The highest BCUT2D eigenvalue weighted by molar-refractivity contribution is 7.20. The molecule has 8 aromatic rings. The molecule has 1 aromatic heterocycles. The number of hydrogen-bond acceptors (Lipinski definition) is 1. The Balaban J connectivity index is 0.000000254. The second-order valence-electron chi connectivity index (χ2n) is 14.0. The second-order valence-corrected chi connectivity index (χ2v) is 14.0. The van der Waals surface area contributed by atoms with Gasteiger partial charge in [-0.3, -0.25) is 4.98 Å². The summed E-state index contributed by atoms with van der Waals surface area (Å²) < 4.78 is 296. The quantitative estimate of drug-likeness (QED) is 0.0406. The first-order chi connectivity index (χ1) is 31.1. The molecule has 23 heteroatoms. The van der Waals surface area contributed by atoms with Gasteiger partial charge in [0.15, 0.2) is 88.7 Å². The fourth-order valence-electron chi connectivity index (χ4n) is 7.79. The van der Waals surface area contributed by atoms with Gasteiger partial charge in [0.25, 0.3) is 0 Å². The van der Waals surface area contributed by atoms with E-state index in [0.29, 0.717) is 0 Å². The average molecular weight is 950 g/mol. The minimum atomic E-state index is -7.22. The van der Waals surface area contributed by atoms with Crippen LogP contribution >= 0.6 is 0 Å². The summed E-state index contributed by atoms with van der Waals surface area (Å²) in [7, 11) is 0. The van der Waals surface area contributed by atoms with E-state index in [9.17, 15) is 52.7 Å². The van der Waals surface area contributed by atoms with E-state index in [2.05, 4.69) is 64.1 Å². The first-order valence-electron chi connectivity index (χ1n) is 18.0. The highest BCUT2D eigenvalue weighted by Gasteiger charge is 2.52. The van der Waals surface area contributed by atoms with Crippen LogP contribution in [0.3, 0.4) is 0 Å². The fourth-order valence-corrected chi connectivity index (χ4v) is 7.79. The SMILES string of the molecule is Fc1c(F)c(F)c([B-](c2c(F)c(F)c(F)c(F)c2F)(c2c(F)c(F)c(F)c(F)c2F)c2c(F)c(F)c(F)c(F)c2F)c(F)c1F.c1ccc2c(C[n+]3ccncc3)c3ccccc3cc2c1. The zero-order valence-corrected chi connectivity index (χ0v) is 31.7. The molecule has 0 aliphatic carbocycles. The van der Waals surface area contributed by atoms with Crippen molar-refractivity contribution in [3.05, 3.63) is 201 Å². The summed E-state index contributed by atoms with van der Waals surface area (Å²) in [6.07, 6.45) is 0.457. The van der Waals surface area contributed by atoms with Crippen molar-refractivity contribution in [2.45, 2.75) is 6.54 Å². The van der Waals surface area contributed by atoms with Gasteiger partial charge in [0.05, 0.1) is 12.4 Å². The van der Waals surface area contributed by atoms with Crippen molar-refractivity contribution < 1.29 is 92.4 Å². The summed E-state index contributed by atoms with van der Waals surface area (Å²) in [6, 6.07) is 19.5. The molecule has 8 rings (SSSR count). The third kappa shape index (κ3) is 7.01. The molecular weight excluding hydrogens is 935 g/mol. The molecule has 0 aliphatic heterocycles. The summed E-state index contributed by atoms with van der Waals surface area (Å²) in [5.41, 5.74) is -13.0. The molecule has 2 nitrogen and oxygen atoms in total. The van der Waals surface area contributed by atoms with Crippen LogP contribution in [0.15, 0.2) is 79.4 Å². The van der Waals surface area contributed by atoms with Gasteiger partial charge in [-0.1, -0.05) is 48.5 Å². The molecule has 0 saturated heterocycles. The highest BCUT2D eigenvalue weighted by Crippen LogP contribution is 2.32. The van der Waals surface area contributed by atoms with Gasteiger partial charge in [-0.05, 0) is 27.6 Å². The lowest BCUT2D eigenvalue weighted by molar-refractivity contribution is -0.688. The fraction of sp³-hybridized carbons (Fsp3) is 0.0233. The molecule has 0 fully saturated rings. The van der Waals surface area contributed by atoms with Gasteiger partial charge < -0.3 is 0 Å². The van der Waals surface area contributed by atoms with Crippen molar-refractivity contribution in [1.29, 1.82) is 0 Å². The maximum absolute atomic E-state index is 15.4. The Hall–Kier alpha value is -7.20. The van der Waals surface area contributed by atoms with E-state index in [4.69, 9.17) is 0 Å². The van der Waals surface area contributed by atoms with Gasteiger partial charge in [-0.15, -0.1) is 21.9 Å². The first-order valence-corrected chi connectivity index (χ1v) is 18.0. The van der Waals surface area contributed by atoms with E-state index in [0.717, 1.165) is 6.54 Å². The van der Waals surface area contributed by atoms with Gasteiger partial charge in [0, 0.05) is 5.56 Å². The number of hydrogen-bond donors (Lipinski definition) is 0. The molecule has 0 amide bonds. The zero-order valence-electron chi connectivity index (χ0n) is 31.7. The molecule has 0 atom stereocenters. The minimum Gasteiger partial charge on any atom is -0.252 e. The Morgan fingerprint density at radius 1 is 0.333 bits per heavy atom. The summed E-state index contributed by atoms with van der Waals surface area (Å²) in [4.78, 5) is 4.09. The molecular formula is C43H15BF20N2. The maximum atomic E-state index is 15.4. The molecule has 0 bridgehead atoms. The smallest absolute Gasteiger partial charge is 0.200 e. The van der Waals surface area contributed by atoms with E-state index in [1.165, 1.54) is 27.1 Å². The minimum absolute atomic E-state index is 0.852. The van der Waals surface area contributed by atoms with Crippen LogP contribution in [0.2, 0.25) is 0 Å². The first kappa shape index (κ1) is 46.8. The van der Waals surface area contributed by atoms with Crippen molar-refractivity contribution in [2.75, 3.05) is 0 Å². The number of benzene rings is 7. The lowest BCUT2D eigenvalue weighted by Crippen LogP contribution is -2.81. The van der Waals surface area contributed by atoms with E-state index >= 15 is 35.1 Å². The van der Waals surface area contributed by atoms with Crippen LogP contribution in [-0.2, 0) is 6.54 Å². The normalized spacial score (nSPS) is 11.7. The Kier molecular flexibility index (Phi) is 12.3. The van der Waals surface area contributed by atoms with Crippen LogP contribution in [0, 0.1) is 116 Å². The van der Waals surface area contributed by atoms with Gasteiger partial charge in [-0.25, -0.2) is 87.8 Å². The molecule has 1 heterocycles. The molecule has 0 spiro atoms. The van der Waals surface area contributed by atoms with Crippen LogP contribution in [0.5, 0.6) is 0 Å². The average Bonchev–Trinajstić information content (AvgIpc) is 3.31. The van der Waals surface area contributed by atoms with Crippen molar-refractivity contribution >= 4 is 49.5 Å². The summed E-state index contributed by atoms with van der Waals surface area (Å²) >= 11 is 0. The Morgan fingerprint density at radius 3 is 0.848 bits per heavy atom. The van der Waals surface area contributed by atoms with Crippen molar-refractivity contribution in [2.24, 2.45) is 0 Å². The van der Waals surface area contributed by atoms with Gasteiger partial charge in [0.2, 0.25) is 0 Å². The molecule has 0 radical (unpaired) electrons. The van der Waals surface area contributed by atoms with Crippen molar-refractivity contribution in [3.8, 4) is 0 Å². The number of rotatable bonds is 6. The molecule has 0 unspecified atom stereocenters. The van der Waals surface area contributed by atoms with Gasteiger partial charge in [0.1, 0.15) is 52.7 Å². The topological polar surface area (TPSA) is 16.8 Å². The van der Waals surface area contributed by atoms with Gasteiger partial charge in [-0.2, -0.15) is 4.57 Å². The van der Waals surface area contributed by atoms with E-state index in [-0.39, 0.29) is 0 Å². The Bertz CT molecular complexity index is 2860. The van der Waals surface area contributed by atoms with Crippen LogP contribution in [-0.4, -0.2) is 11.1 Å². The Morgan fingerprint density at radius 2 is 0.576 bits per heavy atom. The predicted octanol–water partition coefficient (Wildman–Crippen LogP) is 9.57. The van der Waals surface area contributed by atoms with Gasteiger partial charge >= 0.3 is 0 Å². The molecule has 66 heavy (non-hydrogen) atoms. The van der Waals surface area contributed by atoms with Crippen LogP contribution in [0.25, 0.3) is 21.5 Å². The largest absolute Gasteiger partial charge is 0.252 e. The molecule has 7 aromatic carbocycles. The highest BCUT2D eigenvalue weighted by atomic mass is 19.2. The standard InChI is InChI=1S/C24BF20.C19H15N2/c26-5-1(6(27)14(35)21(42)13(5)34)25(2-7(28)15(36)22(43)16(37)8(2)29,3-9(30)17(38)23(44)18(39)10(3)31)4-11(32)19(40)24(45)20(41)12(4)33;1-3-7-17-15(5-1)13-16-6-2-4-8-18(16)19(17)14-21-11-9-20-10-12-21/h;1-13H,14H2/q-1;+1. The van der Waals surface area contributed by atoms with E-state index < -0.39 is 144 Å². The van der Waals surface area contributed by atoms with Crippen LogP contribution in [0.4, 0.5) is 87.8 Å². The summed E-state index contributed by atoms with van der Waals surface area (Å²) in [6.45, 7) is 0.852. The summed E-state index contributed by atoms with van der Waals surface area (Å²) in [5.74, 6) is -71.4. The predicted molar refractivity (Wildman–Crippen MR) is 194 cm³/mol.